The molecule has 0 bridgehead atoms. The van der Waals surface area contributed by atoms with Crippen LogP contribution in [0, 0.1) is 12.3 Å². The lowest BCUT2D eigenvalue weighted by molar-refractivity contribution is -0.130. The van der Waals surface area contributed by atoms with Gasteiger partial charge < -0.3 is 10.2 Å². The van der Waals surface area contributed by atoms with Crippen LogP contribution in [0.15, 0.2) is 24.3 Å². The molecule has 0 spiro atoms. The van der Waals surface area contributed by atoms with Gasteiger partial charge in [-0.25, -0.2) is 0 Å². The third-order valence-electron chi connectivity index (χ3n) is 4.91. The Labute approximate surface area is 139 Å². The molecule has 0 atom stereocenters. The van der Waals surface area contributed by atoms with Crippen LogP contribution in [0.1, 0.15) is 56.0 Å². The number of rotatable bonds is 4. The molecule has 0 aliphatic carbocycles. The molecular weight excluding hydrogens is 288 g/mol. The SMILES string of the molecule is CCC(C)(C)C(=O)NC1CCN(C(=O)c2ccc(C)cc2)CC1. The number of likely N-dealkylation sites (tertiary alicyclic amines) is 1. The molecule has 4 heteroatoms. The van der Waals surface area contributed by atoms with Crippen molar-refractivity contribution >= 4 is 11.8 Å². The fourth-order valence-corrected chi connectivity index (χ4v) is 2.65. The molecular formula is C19H28N2O2. The average Bonchev–Trinajstić information content (AvgIpc) is 2.55. The first-order valence-electron chi connectivity index (χ1n) is 8.50. The first-order valence-corrected chi connectivity index (χ1v) is 8.50. The highest BCUT2D eigenvalue weighted by Crippen LogP contribution is 2.21. The molecule has 0 unspecified atom stereocenters. The number of piperidine rings is 1. The summed E-state index contributed by atoms with van der Waals surface area (Å²) in [5.74, 6) is 0.201. The zero-order valence-electron chi connectivity index (χ0n) is 14.7. The van der Waals surface area contributed by atoms with Gasteiger partial charge in [-0.15, -0.1) is 0 Å². The molecule has 4 nitrogen and oxygen atoms in total. The molecule has 0 radical (unpaired) electrons. The van der Waals surface area contributed by atoms with Crippen molar-refractivity contribution in [2.45, 2.75) is 53.0 Å². The average molecular weight is 316 g/mol. The summed E-state index contributed by atoms with van der Waals surface area (Å²) in [7, 11) is 0. The smallest absolute Gasteiger partial charge is 0.253 e. The second-order valence-corrected chi connectivity index (χ2v) is 7.14. The Kier molecular flexibility index (Phi) is 5.45. The van der Waals surface area contributed by atoms with E-state index in [1.807, 2.05) is 56.9 Å². The Morgan fingerprint density at radius 3 is 2.26 bits per heavy atom. The van der Waals surface area contributed by atoms with Crippen molar-refractivity contribution in [1.29, 1.82) is 0 Å². The Hall–Kier alpha value is -1.84. The van der Waals surface area contributed by atoms with Crippen molar-refractivity contribution in [3.05, 3.63) is 35.4 Å². The van der Waals surface area contributed by atoms with Gasteiger partial charge >= 0.3 is 0 Å². The van der Waals surface area contributed by atoms with Crippen LogP contribution in [0.3, 0.4) is 0 Å². The van der Waals surface area contributed by atoms with Crippen molar-refractivity contribution in [2.75, 3.05) is 13.1 Å². The number of nitrogens with zero attached hydrogens (tertiary/aromatic N) is 1. The van der Waals surface area contributed by atoms with E-state index in [1.165, 1.54) is 0 Å². The molecule has 1 aliphatic rings. The van der Waals surface area contributed by atoms with E-state index in [1.54, 1.807) is 0 Å². The molecule has 0 aromatic heterocycles. The summed E-state index contributed by atoms with van der Waals surface area (Å²) in [5.41, 5.74) is 1.57. The molecule has 1 aromatic carbocycles. The van der Waals surface area contributed by atoms with Crippen LogP contribution in [0.25, 0.3) is 0 Å². The number of nitrogens with one attached hydrogen (secondary N) is 1. The van der Waals surface area contributed by atoms with Gasteiger partial charge in [0.25, 0.3) is 5.91 Å². The van der Waals surface area contributed by atoms with Crippen LogP contribution in [0.5, 0.6) is 0 Å². The van der Waals surface area contributed by atoms with E-state index in [0.717, 1.165) is 30.4 Å². The minimum absolute atomic E-state index is 0.0867. The Morgan fingerprint density at radius 2 is 1.74 bits per heavy atom. The van der Waals surface area contributed by atoms with Gasteiger partial charge in [0.2, 0.25) is 5.91 Å². The lowest BCUT2D eigenvalue weighted by Gasteiger charge is -2.34. The standard InChI is InChI=1S/C19H28N2O2/c1-5-19(3,4)18(23)20-16-10-12-21(13-11-16)17(22)15-8-6-14(2)7-9-15/h6-9,16H,5,10-13H2,1-4H3,(H,20,23). The maximum absolute atomic E-state index is 12.5. The number of benzene rings is 1. The van der Waals surface area contributed by atoms with Gasteiger partial charge in [0, 0.05) is 30.1 Å². The number of hydrogen-bond acceptors (Lipinski definition) is 2. The van der Waals surface area contributed by atoms with Gasteiger partial charge in [-0.3, -0.25) is 9.59 Å². The van der Waals surface area contributed by atoms with Crippen LogP contribution in [0.4, 0.5) is 0 Å². The maximum atomic E-state index is 12.5. The number of hydrogen-bond donors (Lipinski definition) is 1. The number of carbonyl (C=O) groups is 2. The fraction of sp³-hybridized carbons (Fsp3) is 0.579. The summed E-state index contributed by atoms with van der Waals surface area (Å²) in [4.78, 5) is 26.6. The minimum atomic E-state index is -0.325. The Bertz CT molecular complexity index is 555. The normalized spacial score (nSPS) is 16.3. The number of aryl methyl sites for hydroxylation is 1. The van der Waals surface area contributed by atoms with Crippen molar-refractivity contribution in [3.63, 3.8) is 0 Å². The largest absolute Gasteiger partial charge is 0.353 e. The second-order valence-electron chi connectivity index (χ2n) is 7.14. The quantitative estimate of drug-likeness (QED) is 0.927. The predicted octanol–water partition coefficient (Wildman–Crippen LogP) is 3.15. The molecule has 1 aliphatic heterocycles. The van der Waals surface area contributed by atoms with Crippen molar-refractivity contribution in [2.24, 2.45) is 5.41 Å². The van der Waals surface area contributed by atoms with Crippen molar-refractivity contribution in [3.8, 4) is 0 Å². The predicted molar refractivity (Wildman–Crippen MR) is 92.3 cm³/mol. The van der Waals surface area contributed by atoms with Crippen LogP contribution in [-0.2, 0) is 4.79 Å². The van der Waals surface area contributed by atoms with Crippen LogP contribution in [0.2, 0.25) is 0 Å². The maximum Gasteiger partial charge on any atom is 0.253 e. The zero-order chi connectivity index (χ0) is 17.0. The van der Waals surface area contributed by atoms with Gasteiger partial charge in [-0.05, 0) is 38.3 Å². The molecule has 0 saturated carbocycles. The van der Waals surface area contributed by atoms with Crippen molar-refractivity contribution < 1.29 is 9.59 Å². The van der Waals surface area contributed by atoms with Gasteiger partial charge in [-0.2, -0.15) is 0 Å². The van der Waals surface area contributed by atoms with Crippen LogP contribution in [-0.4, -0.2) is 35.8 Å². The van der Waals surface area contributed by atoms with E-state index in [2.05, 4.69) is 5.32 Å². The van der Waals surface area contributed by atoms with Gasteiger partial charge in [0.1, 0.15) is 0 Å². The molecule has 23 heavy (non-hydrogen) atoms. The van der Waals surface area contributed by atoms with E-state index in [9.17, 15) is 9.59 Å². The Morgan fingerprint density at radius 1 is 1.17 bits per heavy atom. The van der Waals surface area contributed by atoms with E-state index in [0.29, 0.717) is 13.1 Å². The van der Waals surface area contributed by atoms with Gasteiger partial charge in [-0.1, -0.05) is 38.5 Å². The van der Waals surface area contributed by atoms with E-state index < -0.39 is 0 Å². The monoisotopic (exact) mass is 316 g/mol. The van der Waals surface area contributed by atoms with Gasteiger partial charge in [0.15, 0.2) is 0 Å². The molecule has 126 valence electrons. The summed E-state index contributed by atoms with van der Waals surface area (Å²) in [5, 5.41) is 3.14. The lowest BCUT2D eigenvalue weighted by atomic mass is 9.88. The third-order valence-corrected chi connectivity index (χ3v) is 4.91. The zero-order valence-corrected chi connectivity index (χ0v) is 14.7. The van der Waals surface area contributed by atoms with Crippen LogP contribution < -0.4 is 5.32 Å². The second kappa shape index (κ2) is 7.16. The summed E-state index contributed by atoms with van der Waals surface area (Å²) in [6.45, 7) is 9.38. The van der Waals surface area contributed by atoms with Crippen LogP contribution >= 0.6 is 0 Å². The highest BCUT2D eigenvalue weighted by molar-refractivity contribution is 5.94. The number of amides is 2. The van der Waals surface area contributed by atoms with E-state index in [4.69, 9.17) is 0 Å². The van der Waals surface area contributed by atoms with Gasteiger partial charge in [0.05, 0.1) is 0 Å². The molecule has 1 saturated heterocycles. The van der Waals surface area contributed by atoms with Crippen molar-refractivity contribution in [1.82, 2.24) is 10.2 Å². The molecule has 1 heterocycles. The van der Waals surface area contributed by atoms with E-state index >= 15 is 0 Å². The topological polar surface area (TPSA) is 49.4 Å². The molecule has 2 amide bonds. The Balaban J connectivity index is 1.87. The molecule has 1 fully saturated rings. The van der Waals surface area contributed by atoms with E-state index in [-0.39, 0.29) is 23.3 Å². The molecule has 2 rings (SSSR count). The first kappa shape index (κ1) is 17.5. The summed E-state index contributed by atoms with van der Waals surface area (Å²) in [6.07, 6.45) is 2.47. The summed E-state index contributed by atoms with van der Waals surface area (Å²) >= 11 is 0. The summed E-state index contributed by atoms with van der Waals surface area (Å²) < 4.78 is 0. The first-order chi connectivity index (χ1) is 10.8. The minimum Gasteiger partial charge on any atom is -0.353 e. The number of carbonyl (C=O) groups excluding carboxylic acids is 2. The molecule has 1 aromatic rings. The third kappa shape index (κ3) is 4.34. The lowest BCUT2D eigenvalue weighted by Crippen LogP contribution is -2.49. The fourth-order valence-electron chi connectivity index (χ4n) is 2.65. The highest BCUT2D eigenvalue weighted by Gasteiger charge is 2.29. The molecule has 1 N–H and O–H groups in total. The highest BCUT2D eigenvalue weighted by atomic mass is 16.2. The summed E-state index contributed by atoms with van der Waals surface area (Å²) in [6, 6.07) is 7.88.